The average molecular weight is 416 g/mol. The molecule has 156 valence electrons. The highest BCUT2D eigenvalue weighted by atomic mass is 17.2. The summed E-state index contributed by atoms with van der Waals surface area (Å²) in [5.74, 6) is -1.72. The first-order valence-electron chi connectivity index (χ1n) is 9.90. The Labute approximate surface area is 178 Å². The molecule has 6 nitrogen and oxygen atoms in total. The maximum Gasteiger partial charge on any atom is 0.345 e. The van der Waals surface area contributed by atoms with Gasteiger partial charge >= 0.3 is 5.97 Å². The van der Waals surface area contributed by atoms with Gasteiger partial charge in [0, 0.05) is 17.6 Å². The van der Waals surface area contributed by atoms with Gasteiger partial charge < -0.3 is 19.5 Å². The van der Waals surface area contributed by atoms with E-state index in [4.69, 9.17) is 19.2 Å². The number of benzene rings is 3. The number of ether oxygens (including phenoxy) is 2. The molecule has 31 heavy (non-hydrogen) atoms. The first kappa shape index (κ1) is 19.4. The minimum Gasteiger partial charge on any atom is -0.497 e. The first-order valence-corrected chi connectivity index (χ1v) is 9.90. The van der Waals surface area contributed by atoms with Gasteiger partial charge in [0.15, 0.2) is 5.76 Å². The van der Waals surface area contributed by atoms with Gasteiger partial charge in [0.05, 0.1) is 7.11 Å². The Bertz CT molecular complexity index is 1220. The van der Waals surface area contributed by atoms with Crippen molar-refractivity contribution in [1.29, 1.82) is 0 Å². The van der Waals surface area contributed by atoms with E-state index in [2.05, 4.69) is 0 Å². The Morgan fingerprint density at radius 1 is 1.03 bits per heavy atom. The summed E-state index contributed by atoms with van der Waals surface area (Å²) in [6.45, 7) is 0.217. The third-order valence-electron chi connectivity index (χ3n) is 5.62. The number of fused-ring (bicyclic) bond motifs is 1. The van der Waals surface area contributed by atoms with Gasteiger partial charge in [-0.2, -0.15) is 4.89 Å². The van der Waals surface area contributed by atoms with Crippen molar-refractivity contribution in [3.8, 4) is 5.75 Å². The van der Waals surface area contributed by atoms with Crippen molar-refractivity contribution in [3.63, 3.8) is 0 Å². The van der Waals surface area contributed by atoms with Crippen LogP contribution in [0.1, 0.15) is 11.1 Å². The molecule has 1 unspecified atom stereocenters. The average Bonchev–Trinajstić information content (AvgIpc) is 3.41. The number of hydrogen-bond donors (Lipinski definition) is 1. The highest BCUT2D eigenvalue weighted by Crippen LogP contribution is 2.44. The molecule has 5 rings (SSSR count). The van der Waals surface area contributed by atoms with Crippen LogP contribution in [0.4, 0.5) is 0 Å². The summed E-state index contributed by atoms with van der Waals surface area (Å²) in [6, 6.07) is 20.7. The number of esters is 1. The lowest BCUT2D eigenvalue weighted by atomic mass is 9.88. The molecule has 0 radical (unpaired) electrons. The highest BCUT2D eigenvalue weighted by Gasteiger charge is 2.49. The second kappa shape index (κ2) is 7.58. The number of hydrogen-bond acceptors (Lipinski definition) is 6. The van der Waals surface area contributed by atoms with Gasteiger partial charge in [-0.3, -0.25) is 0 Å². The molecule has 0 saturated heterocycles. The predicted octanol–water partition coefficient (Wildman–Crippen LogP) is 3.94. The lowest BCUT2D eigenvalue weighted by Crippen LogP contribution is -2.29. The Morgan fingerprint density at radius 3 is 2.55 bits per heavy atom. The van der Waals surface area contributed by atoms with Crippen LogP contribution in [-0.2, 0) is 31.5 Å². The number of carbonyl (C=O) groups is 1. The van der Waals surface area contributed by atoms with Crippen molar-refractivity contribution in [2.45, 2.75) is 12.2 Å². The van der Waals surface area contributed by atoms with Crippen molar-refractivity contribution in [3.05, 3.63) is 101 Å². The molecular formula is C25H20O6. The fourth-order valence-electron chi connectivity index (χ4n) is 4.07. The van der Waals surface area contributed by atoms with Gasteiger partial charge in [0.2, 0.25) is 0 Å². The Balaban J connectivity index is 1.67. The molecular weight excluding hydrogens is 396 g/mol. The molecule has 2 aliphatic rings. The third-order valence-corrected chi connectivity index (χ3v) is 5.62. The fourth-order valence-corrected chi connectivity index (χ4v) is 4.07. The highest BCUT2D eigenvalue weighted by molar-refractivity contribution is 5.97. The van der Waals surface area contributed by atoms with Crippen molar-refractivity contribution >= 4 is 16.7 Å². The number of aliphatic hydroxyl groups is 1. The van der Waals surface area contributed by atoms with E-state index in [0.717, 1.165) is 16.3 Å². The summed E-state index contributed by atoms with van der Waals surface area (Å²) < 4.78 is 10.8. The monoisotopic (exact) mass is 416 g/mol. The third kappa shape index (κ3) is 3.26. The molecule has 6 heteroatoms. The number of methoxy groups -OCH3 is 1. The zero-order valence-corrected chi connectivity index (χ0v) is 16.8. The molecule has 0 amide bonds. The number of cyclic esters (lactones) is 1. The summed E-state index contributed by atoms with van der Waals surface area (Å²) >= 11 is 0. The zero-order valence-electron chi connectivity index (χ0n) is 16.8. The van der Waals surface area contributed by atoms with E-state index in [1.54, 1.807) is 37.5 Å². The lowest BCUT2D eigenvalue weighted by molar-refractivity contribution is -0.231. The van der Waals surface area contributed by atoms with Crippen molar-refractivity contribution < 1.29 is 29.1 Å². The minimum absolute atomic E-state index is 0.184. The topological polar surface area (TPSA) is 74.2 Å². The van der Waals surface area contributed by atoms with Crippen molar-refractivity contribution in [2.24, 2.45) is 0 Å². The molecule has 0 bridgehead atoms. The van der Waals surface area contributed by atoms with E-state index >= 15 is 0 Å². The van der Waals surface area contributed by atoms with Crippen LogP contribution < -0.4 is 4.74 Å². The van der Waals surface area contributed by atoms with E-state index in [1.807, 2.05) is 42.5 Å². The maximum absolute atomic E-state index is 12.9. The summed E-state index contributed by atoms with van der Waals surface area (Å²) in [6.07, 6.45) is 1.94. The molecule has 1 atom stereocenters. The largest absolute Gasteiger partial charge is 0.497 e. The standard InChI is InChI=1S/C25H20O6/c1-28-19-11-9-18(10-12-19)25(27)21(23(24(26)30-25)22-13-14-29-31-22)15-17-7-4-6-16-5-2-3-8-20(16)17/h2-13,27H,14-15H2,1H3. The molecule has 2 aliphatic heterocycles. The summed E-state index contributed by atoms with van der Waals surface area (Å²) in [5, 5.41) is 13.8. The molecule has 2 heterocycles. The van der Waals surface area contributed by atoms with Crippen LogP contribution in [0.15, 0.2) is 89.7 Å². The van der Waals surface area contributed by atoms with Crippen LogP contribution in [0.25, 0.3) is 10.8 Å². The number of rotatable bonds is 5. The van der Waals surface area contributed by atoms with Gasteiger partial charge in [-0.15, -0.1) is 0 Å². The summed E-state index contributed by atoms with van der Waals surface area (Å²) in [5.41, 5.74) is 1.96. The maximum atomic E-state index is 12.9. The van der Waals surface area contributed by atoms with E-state index < -0.39 is 11.8 Å². The zero-order chi connectivity index (χ0) is 21.4. The molecule has 1 N–H and O–H groups in total. The van der Waals surface area contributed by atoms with Crippen molar-refractivity contribution in [2.75, 3.05) is 13.7 Å². The van der Waals surface area contributed by atoms with Gasteiger partial charge in [-0.05, 0) is 46.7 Å². The van der Waals surface area contributed by atoms with E-state index in [0.29, 0.717) is 16.9 Å². The smallest absolute Gasteiger partial charge is 0.345 e. The molecule has 0 saturated carbocycles. The van der Waals surface area contributed by atoms with E-state index in [1.165, 1.54) is 0 Å². The predicted molar refractivity (Wildman–Crippen MR) is 113 cm³/mol. The second-order valence-electron chi connectivity index (χ2n) is 7.37. The van der Waals surface area contributed by atoms with Crippen LogP contribution in [-0.4, -0.2) is 24.8 Å². The second-order valence-corrected chi connectivity index (χ2v) is 7.37. The first-order chi connectivity index (χ1) is 15.1. The quantitative estimate of drug-likeness (QED) is 0.502. The fraction of sp³-hybridized carbons (Fsp3) is 0.160. The molecule has 0 spiro atoms. The number of carbonyl (C=O) groups excluding carboxylic acids is 1. The van der Waals surface area contributed by atoms with Gasteiger partial charge in [0.1, 0.15) is 17.9 Å². The minimum atomic E-state index is -1.94. The lowest BCUT2D eigenvalue weighted by Gasteiger charge is -2.26. The van der Waals surface area contributed by atoms with Gasteiger partial charge in [-0.1, -0.05) is 42.5 Å². The Morgan fingerprint density at radius 2 is 1.81 bits per heavy atom. The molecule has 0 aliphatic carbocycles. The summed E-state index contributed by atoms with van der Waals surface area (Å²) in [4.78, 5) is 23.1. The normalized spacial score (nSPS) is 20.6. The van der Waals surface area contributed by atoms with E-state index in [-0.39, 0.29) is 24.4 Å². The summed E-state index contributed by atoms with van der Waals surface area (Å²) in [7, 11) is 1.56. The SMILES string of the molecule is COc1ccc(C2(O)OC(=O)C(C3=CCOO3)=C2Cc2cccc3ccccc23)cc1. The van der Waals surface area contributed by atoms with Crippen LogP contribution in [0.3, 0.4) is 0 Å². The molecule has 0 aromatic heterocycles. The van der Waals surface area contributed by atoms with Crippen LogP contribution in [0.5, 0.6) is 5.75 Å². The van der Waals surface area contributed by atoms with Crippen LogP contribution in [0, 0.1) is 0 Å². The Hall–Kier alpha value is -3.61. The van der Waals surface area contributed by atoms with Crippen LogP contribution in [0.2, 0.25) is 0 Å². The Kier molecular flexibility index (Phi) is 4.73. The van der Waals surface area contributed by atoms with E-state index in [9.17, 15) is 9.90 Å². The van der Waals surface area contributed by atoms with Gasteiger partial charge in [0.25, 0.3) is 5.79 Å². The molecule has 3 aromatic carbocycles. The van der Waals surface area contributed by atoms with Gasteiger partial charge in [-0.25, -0.2) is 4.79 Å². The van der Waals surface area contributed by atoms with Crippen LogP contribution >= 0.6 is 0 Å². The van der Waals surface area contributed by atoms with Crippen molar-refractivity contribution in [1.82, 2.24) is 0 Å². The molecule has 3 aromatic rings. The molecule has 0 fully saturated rings.